The Morgan fingerprint density at radius 1 is 1.07 bits per heavy atom. The highest BCUT2D eigenvalue weighted by atomic mass is 16.5. The summed E-state index contributed by atoms with van der Waals surface area (Å²) in [5.41, 5.74) is 10.5. The lowest BCUT2D eigenvalue weighted by Crippen LogP contribution is -2.19. The third kappa shape index (κ3) is 3.96. The van der Waals surface area contributed by atoms with Crippen LogP contribution >= 0.6 is 0 Å². The van der Waals surface area contributed by atoms with E-state index in [9.17, 15) is 4.79 Å². The summed E-state index contributed by atoms with van der Waals surface area (Å²) < 4.78 is 5.12. The Labute approximate surface area is 168 Å². The molecule has 0 bridgehead atoms. The van der Waals surface area contributed by atoms with Crippen LogP contribution in [0.1, 0.15) is 5.56 Å². The average Bonchev–Trinajstić information content (AvgIpc) is 3.24. The zero-order chi connectivity index (χ0) is 20.2. The van der Waals surface area contributed by atoms with Crippen molar-refractivity contribution in [1.82, 2.24) is 9.97 Å². The van der Waals surface area contributed by atoms with E-state index in [0.29, 0.717) is 5.69 Å². The number of aromatic amines is 1. The summed E-state index contributed by atoms with van der Waals surface area (Å²) >= 11 is 0. The molecule has 29 heavy (non-hydrogen) atoms. The first-order valence-corrected chi connectivity index (χ1v) is 9.09. The van der Waals surface area contributed by atoms with Gasteiger partial charge in [-0.25, -0.2) is 4.98 Å². The molecule has 0 unspecified atom stereocenters. The number of anilines is 1. The molecule has 2 aromatic carbocycles. The smallest absolute Gasteiger partial charge is 0.271 e. The third-order valence-corrected chi connectivity index (χ3v) is 4.61. The van der Waals surface area contributed by atoms with Gasteiger partial charge in [-0.3, -0.25) is 4.79 Å². The number of methoxy groups -OCH3 is 1. The molecule has 0 radical (unpaired) electrons. The van der Waals surface area contributed by atoms with E-state index in [2.05, 4.69) is 15.3 Å². The number of nitrogens with two attached hydrogens (primary N) is 1. The maximum absolute atomic E-state index is 12.4. The van der Waals surface area contributed by atoms with Crippen molar-refractivity contribution in [3.63, 3.8) is 0 Å². The fourth-order valence-corrected chi connectivity index (χ4v) is 3.09. The van der Waals surface area contributed by atoms with Gasteiger partial charge in [-0.1, -0.05) is 24.3 Å². The van der Waals surface area contributed by atoms with Gasteiger partial charge >= 0.3 is 0 Å². The van der Waals surface area contributed by atoms with Gasteiger partial charge in [0, 0.05) is 23.5 Å². The van der Waals surface area contributed by atoms with Crippen molar-refractivity contribution in [2.24, 2.45) is 5.73 Å². The number of carbonyl (C=O) groups is 1. The maximum Gasteiger partial charge on any atom is 0.271 e. The fourth-order valence-electron chi connectivity index (χ4n) is 3.09. The van der Waals surface area contributed by atoms with Gasteiger partial charge in [-0.15, -0.1) is 0 Å². The van der Waals surface area contributed by atoms with Crippen molar-refractivity contribution in [2.45, 2.75) is 0 Å². The molecule has 0 fully saturated rings. The van der Waals surface area contributed by atoms with Gasteiger partial charge < -0.3 is 20.8 Å². The number of hydrogen-bond acceptors (Lipinski definition) is 4. The third-order valence-electron chi connectivity index (χ3n) is 4.61. The van der Waals surface area contributed by atoms with Gasteiger partial charge in [-0.2, -0.15) is 0 Å². The van der Waals surface area contributed by atoms with E-state index >= 15 is 0 Å². The molecule has 6 heteroatoms. The molecule has 0 aliphatic heterocycles. The van der Waals surface area contributed by atoms with Crippen molar-refractivity contribution in [3.05, 3.63) is 84.3 Å². The van der Waals surface area contributed by atoms with E-state index in [4.69, 9.17) is 10.5 Å². The number of nitrogens with zero attached hydrogens (tertiary/aromatic N) is 1. The van der Waals surface area contributed by atoms with E-state index in [1.54, 1.807) is 19.4 Å². The number of benzene rings is 2. The molecule has 4 aromatic rings. The standard InChI is InChI=1S/C23H20N4O2/c1-29-18-8-2-15(3-9-18)14-21(24)23(28)27-17-6-4-16(5-7-17)19-10-12-25-22-20(19)11-13-26-22/h2-14H,24H2,1H3,(H,25,26)(H,27,28). The Morgan fingerprint density at radius 2 is 1.83 bits per heavy atom. The molecule has 4 rings (SSSR count). The highest BCUT2D eigenvalue weighted by molar-refractivity contribution is 6.06. The lowest BCUT2D eigenvalue weighted by atomic mass is 10.0. The quantitative estimate of drug-likeness (QED) is 0.450. The highest BCUT2D eigenvalue weighted by Gasteiger charge is 2.08. The Hall–Kier alpha value is -4.06. The number of ether oxygens (including phenoxy) is 1. The number of aromatic nitrogens is 2. The molecule has 0 aliphatic carbocycles. The van der Waals surface area contributed by atoms with Crippen LogP contribution in [0.25, 0.3) is 28.2 Å². The minimum absolute atomic E-state index is 0.127. The van der Waals surface area contributed by atoms with Crippen LogP contribution in [0.4, 0.5) is 5.69 Å². The Balaban J connectivity index is 1.48. The molecule has 144 valence electrons. The molecule has 0 spiro atoms. The summed E-state index contributed by atoms with van der Waals surface area (Å²) in [4.78, 5) is 19.8. The lowest BCUT2D eigenvalue weighted by molar-refractivity contribution is -0.112. The predicted molar refractivity (Wildman–Crippen MR) is 115 cm³/mol. The van der Waals surface area contributed by atoms with E-state index in [0.717, 1.165) is 33.5 Å². The number of carbonyl (C=O) groups excluding carboxylic acids is 1. The van der Waals surface area contributed by atoms with Gasteiger partial charge in [0.25, 0.3) is 5.91 Å². The van der Waals surface area contributed by atoms with E-state index < -0.39 is 0 Å². The van der Waals surface area contributed by atoms with Gasteiger partial charge in [0.1, 0.15) is 11.4 Å². The minimum atomic E-state index is -0.356. The number of pyridine rings is 1. The first kappa shape index (κ1) is 18.3. The van der Waals surface area contributed by atoms with Crippen LogP contribution in [0.15, 0.2) is 78.8 Å². The minimum Gasteiger partial charge on any atom is -0.497 e. The molecule has 4 N–H and O–H groups in total. The summed E-state index contributed by atoms with van der Waals surface area (Å²) in [5.74, 6) is 0.391. The maximum atomic E-state index is 12.4. The number of H-pyrrole nitrogens is 1. The van der Waals surface area contributed by atoms with Gasteiger partial charge in [-0.05, 0) is 59.2 Å². The van der Waals surface area contributed by atoms with Crippen molar-refractivity contribution in [2.75, 3.05) is 12.4 Å². The van der Waals surface area contributed by atoms with Crippen molar-refractivity contribution in [3.8, 4) is 16.9 Å². The Morgan fingerprint density at radius 3 is 2.55 bits per heavy atom. The molecule has 2 heterocycles. The molecule has 0 saturated heterocycles. The highest BCUT2D eigenvalue weighted by Crippen LogP contribution is 2.28. The molecular formula is C23H20N4O2. The molecular weight excluding hydrogens is 364 g/mol. The number of rotatable bonds is 5. The van der Waals surface area contributed by atoms with Crippen molar-refractivity contribution in [1.29, 1.82) is 0 Å². The first-order valence-electron chi connectivity index (χ1n) is 9.09. The fraction of sp³-hybridized carbons (Fsp3) is 0.0435. The zero-order valence-electron chi connectivity index (χ0n) is 15.8. The molecule has 6 nitrogen and oxygen atoms in total. The second kappa shape index (κ2) is 7.90. The molecule has 0 saturated carbocycles. The van der Waals surface area contributed by atoms with Gasteiger partial charge in [0.05, 0.1) is 12.8 Å². The normalized spacial score (nSPS) is 11.4. The van der Waals surface area contributed by atoms with E-state index in [1.807, 2.05) is 66.9 Å². The summed E-state index contributed by atoms with van der Waals surface area (Å²) in [7, 11) is 1.60. The van der Waals surface area contributed by atoms with E-state index in [1.165, 1.54) is 0 Å². The molecule has 0 atom stereocenters. The second-order valence-electron chi connectivity index (χ2n) is 6.50. The summed E-state index contributed by atoms with van der Waals surface area (Å²) in [5, 5.41) is 3.87. The van der Waals surface area contributed by atoms with Crippen molar-refractivity contribution >= 4 is 28.7 Å². The van der Waals surface area contributed by atoms with Crippen LogP contribution in [0, 0.1) is 0 Å². The number of nitrogens with one attached hydrogen (secondary N) is 2. The number of hydrogen-bond donors (Lipinski definition) is 3. The van der Waals surface area contributed by atoms with Crippen molar-refractivity contribution < 1.29 is 9.53 Å². The molecule has 2 aromatic heterocycles. The second-order valence-corrected chi connectivity index (χ2v) is 6.50. The molecule has 0 aliphatic rings. The zero-order valence-corrected chi connectivity index (χ0v) is 15.8. The lowest BCUT2D eigenvalue weighted by Gasteiger charge is -2.08. The van der Waals surface area contributed by atoms with Crippen LogP contribution in [0.2, 0.25) is 0 Å². The van der Waals surface area contributed by atoms with E-state index in [-0.39, 0.29) is 11.6 Å². The number of amides is 1. The SMILES string of the molecule is COc1ccc(C=C(N)C(=O)Nc2ccc(-c3ccnc4[nH]ccc34)cc2)cc1. The monoisotopic (exact) mass is 384 g/mol. The summed E-state index contributed by atoms with van der Waals surface area (Å²) in [6, 6.07) is 18.9. The largest absolute Gasteiger partial charge is 0.497 e. The van der Waals surface area contributed by atoms with Crippen LogP contribution < -0.4 is 15.8 Å². The predicted octanol–water partition coefficient (Wildman–Crippen LogP) is 4.18. The Bertz CT molecular complexity index is 1180. The topological polar surface area (TPSA) is 93.0 Å². The van der Waals surface area contributed by atoms with Crippen LogP contribution in [0.5, 0.6) is 5.75 Å². The summed E-state index contributed by atoms with van der Waals surface area (Å²) in [6.07, 6.45) is 5.27. The average molecular weight is 384 g/mol. The van der Waals surface area contributed by atoms with Crippen LogP contribution in [-0.2, 0) is 4.79 Å². The van der Waals surface area contributed by atoms with Crippen LogP contribution in [-0.4, -0.2) is 23.0 Å². The summed E-state index contributed by atoms with van der Waals surface area (Å²) in [6.45, 7) is 0. The number of fused-ring (bicyclic) bond motifs is 1. The first-order chi connectivity index (χ1) is 14.1. The van der Waals surface area contributed by atoms with Crippen LogP contribution in [0.3, 0.4) is 0 Å². The van der Waals surface area contributed by atoms with Gasteiger partial charge in [0.15, 0.2) is 0 Å². The Kier molecular flexibility index (Phi) is 4.99. The molecule has 1 amide bonds. The van der Waals surface area contributed by atoms with Gasteiger partial charge in [0.2, 0.25) is 0 Å².